The Morgan fingerprint density at radius 2 is 1.83 bits per heavy atom. The van der Waals surface area contributed by atoms with Crippen LogP contribution in [0.25, 0.3) is 0 Å². The average molecular weight is 424 g/mol. The fourth-order valence-electron chi connectivity index (χ4n) is 3.35. The minimum Gasteiger partial charge on any atom is -0.451 e. The van der Waals surface area contributed by atoms with Crippen molar-refractivity contribution in [3.8, 4) is 0 Å². The molecule has 1 aliphatic heterocycles. The highest BCUT2D eigenvalue weighted by atomic mass is 35.5. The van der Waals surface area contributed by atoms with Gasteiger partial charge >= 0.3 is 12.0 Å². The maximum atomic E-state index is 12.8. The lowest BCUT2D eigenvalue weighted by atomic mass is 9.88. The van der Waals surface area contributed by atoms with Crippen LogP contribution < -0.4 is 10.6 Å². The summed E-state index contributed by atoms with van der Waals surface area (Å²) < 4.78 is 5.10. The number of nitrogens with zero attached hydrogens (tertiary/aromatic N) is 1. The van der Waals surface area contributed by atoms with Crippen LogP contribution >= 0.6 is 11.6 Å². The van der Waals surface area contributed by atoms with E-state index in [-0.39, 0.29) is 0 Å². The number of rotatable bonds is 9. The van der Waals surface area contributed by atoms with E-state index < -0.39 is 42.0 Å². The summed E-state index contributed by atoms with van der Waals surface area (Å²) in [7, 11) is 0. The molecular formula is C20H26ClN3O5. The second kappa shape index (κ2) is 9.73. The van der Waals surface area contributed by atoms with Gasteiger partial charge in [0.1, 0.15) is 12.1 Å². The van der Waals surface area contributed by atoms with Crippen LogP contribution in [-0.4, -0.2) is 46.9 Å². The van der Waals surface area contributed by atoms with Crippen LogP contribution in [0.1, 0.15) is 46.5 Å². The second-order valence-electron chi connectivity index (χ2n) is 7.00. The molecule has 0 aliphatic carbocycles. The van der Waals surface area contributed by atoms with Crippen LogP contribution in [0.4, 0.5) is 10.5 Å². The van der Waals surface area contributed by atoms with Gasteiger partial charge in [0.2, 0.25) is 0 Å². The molecule has 2 N–H and O–H groups in total. The zero-order chi connectivity index (χ0) is 21.6. The van der Waals surface area contributed by atoms with Gasteiger partial charge in [-0.1, -0.05) is 50.4 Å². The lowest BCUT2D eigenvalue weighted by Gasteiger charge is -2.25. The molecule has 0 bridgehead atoms. The van der Waals surface area contributed by atoms with Gasteiger partial charge in [0.15, 0.2) is 6.10 Å². The molecule has 2 rings (SSSR count). The van der Waals surface area contributed by atoms with E-state index >= 15 is 0 Å². The summed E-state index contributed by atoms with van der Waals surface area (Å²) in [5.74, 6) is -1.86. The van der Waals surface area contributed by atoms with Gasteiger partial charge in [0.05, 0.1) is 10.7 Å². The minimum atomic E-state index is -1.13. The standard InChI is InChI=1S/C20H26ClN3O5/c1-4-10-20(11-5-2)18(27)24(19(28)23-20)12-16(25)29-13(3)17(26)22-15-9-7-6-8-14(15)21/h6-9,13H,4-5,10-12H2,1-3H3,(H,22,26)(H,23,28)/t13-/m0/s1. The van der Waals surface area contributed by atoms with Crippen LogP contribution in [0.2, 0.25) is 5.02 Å². The van der Waals surface area contributed by atoms with Crippen LogP contribution in [-0.2, 0) is 19.1 Å². The highest BCUT2D eigenvalue weighted by molar-refractivity contribution is 6.33. The molecule has 0 saturated carbocycles. The quantitative estimate of drug-likeness (QED) is 0.469. The molecular weight excluding hydrogens is 398 g/mol. The van der Waals surface area contributed by atoms with Gasteiger partial charge in [-0.2, -0.15) is 0 Å². The molecule has 1 heterocycles. The van der Waals surface area contributed by atoms with Gasteiger partial charge in [-0.3, -0.25) is 19.3 Å². The van der Waals surface area contributed by atoms with Crippen molar-refractivity contribution in [2.75, 3.05) is 11.9 Å². The normalized spacial score (nSPS) is 16.3. The molecule has 8 nitrogen and oxygen atoms in total. The Bertz CT molecular complexity index is 792. The summed E-state index contributed by atoms with van der Waals surface area (Å²) >= 11 is 5.99. The molecule has 9 heteroatoms. The molecule has 1 aliphatic rings. The predicted octanol–water partition coefficient (Wildman–Crippen LogP) is 3.10. The number of halogens is 1. The molecule has 1 atom stereocenters. The number of ether oxygens (including phenoxy) is 1. The van der Waals surface area contributed by atoms with Gasteiger partial charge < -0.3 is 15.4 Å². The average Bonchev–Trinajstić information content (AvgIpc) is 2.88. The van der Waals surface area contributed by atoms with Gasteiger partial charge in [-0.15, -0.1) is 0 Å². The zero-order valence-electron chi connectivity index (χ0n) is 16.8. The molecule has 1 fully saturated rings. The number of carbonyl (C=O) groups is 4. The van der Waals surface area contributed by atoms with Crippen molar-refractivity contribution in [3.63, 3.8) is 0 Å². The van der Waals surface area contributed by atoms with Crippen molar-refractivity contribution in [1.29, 1.82) is 0 Å². The minimum absolute atomic E-state index is 0.349. The topological polar surface area (TPSA) is 105 Å². The number of imide groups is 1. The molecule has 1 aromatic rings. The van der Waals surface area contributed by atoms with E-state index in [2.05, 4.69) is 10.6 Å². The zero-order valence-corrected chi connectivity index (χ0v) is 17.5. The summed E-state index contributed by atoms with van der Waals surface area (Å²) in [6.45, 7) is 4.69. The summed E-state index contributed by atoms with van der Waals surface area (Å²) in [4.78, 5) is 50.4. The van der Waals surface area contributed by atoms with E-state index in [0.29, 0.717) is 36.4 Å². The Morgan fingerprint density at radius 1 is 1.21 bits per heavy atom. The third kappa shape index (κ3) is 5.26. The maximum Gasteiger partial charge on any atom is 0.327 e. The van der Waals surface area contributed by atoms with Crippen molar-refractivity contribution in [1.82, 2.24) is 10.2 Å². The van der Waals surface area contributed by atoms with Crippen molar-refractivity contribution in [3.05, 3.63) is 29.3 Å². The Hall–Kier alpha value is -2.61. The Morgan fingerprint density at radius 3 is 2.41 bits per heavy atom. The number of anilines is 1. The SMILES string of the molecule is CCCC1(CCC)NC(=O)N(CC(=O)O[C@@H](C)C(=O)Nc2ccccc2Cl)C1=O. The molecule has 158 valence electrons. The number of benzene rings is 1. The number of esters is 1. The first-order valence-corrected chi connectivity index (χ1v) is 10.0. The second-order valence-corrected chi connectivity index (χ2v) is 7.41. The number of amides is 4. The van der Waals surface area contributed by atoms with Gasteiger partial charge in [0, 0.05) is 0 Å². The smallest absolute Gasteiger partial charge is 0.327 e. The molecule has 4 amide bonds. The van der Waals surface area contributed by atoms with Crippen LogP contribution in [0.5, 0.6) is 0 Å². The third-order valence-corrected chi connectivity index (χ3v) is 5.03. The molecule has 0 unspecified atom stereocenters. The van der Waals surface area contributed by atoms with E-state index in [1.165, 1.54) is 6.92 Å². The summed E-state index contributed by atoms with van der Waals surface area (Å²) in [5.41, 5.74) is -0.589. The van der Waals surface area contributed by atoms with Crippen molar-refractivity contribution in [2.24, 2.45) is 0 Å². The number of urea groups is 1. The summed E-state index contributed by atoms with van der Waals surface area (Å²) in [5, 5.41) is 5.64. The molecule has 0 radical (unpaired) electrons. The van der Waals surface area contributed by atoms with E-state index in [1.54, 1.807) is 24.3 Å². The van der Waals surface area contributed by atoms with E-state index in [0.717, 1.165) is 4.90 Å². The van der Waals surface area contributed by atoms with Crippen LogP contribution in [0, 0.1) is 0 Å². The molecule has 0 spiro atoms. The highest BCUT2D eigenvalue weighted by Crippen LogP contribution is 2.28. The number of para-hydroxylation sites is 1. The fourth-order valence-corrected chi connectivity index (χ4v) is 3.53. The van der Waals surface area contributed by atoms with Crippen molar-refractivity contribution >= 4 is 41.1 Å². The first kappa shape index (κ1) is 22.7. The third-order valence-electron chi connectivity index (χ3n) is 4.70. The number of nitrogens with one attached hydrogen (secondary N) is 2. The van der Waals surface area contributed by atoms with E-state index in [4.69, 9.17) is 16.3 Å². The number of hydrogen-bond donors (Lipinski definition) is 2. The molecule has 29 heavy (non-hydrogen) atoms. The lowest BCUT2D eigenvalue weighted by Crippen LogP contribution is -2.47. The van der Waals surface area contributed by atoms with Crippen molar-refractivity contribution in [2.45, 2.75) is 58.1 Å². The fraction of sp³-hybridized carbons (Fsp3) is 0.500. The van der Waals surface area contributed by atoms with Gasteiger partial charge in [-0.25, -0.2) is 4.79 Å². The van der Waals surface area contributed by atoms with Crippen LogP contribution in [0.15, 0.2) is 24.3 Å². The van der Waals surface area contributed by atoms with E-state index in [9.17, 15) is 19.2 Å². The number of carbonyl (C=O) groups excluding carboxylic acids is 4. The largest absolute Gasteiger partial charge is 0.451 e. The number of hydrogen-bond acceptors (Lipinski definition) is 5. The Kier molecular flexibility index (Phi) is 7.61. The molecule has 0 aromatic heterocycles. The predicted molar refractivity (Wildman–Crippen MR) is 108 cm³/mol. The monoisotopic (exact) mass is 423 g/mol. The van der Waals surface area contributed by atoms with Gasteiger partial charge in [-0.05, 0) is 31.9 Å². The molecule has 1 saturated heterocycles. The Balaban J connectivity index is 1.97. The summed E-state index contributed by atoms with van der Waals surface area (Å²) in [6, 6.07) is 6.03. The Labute approximate surface area is 174 Å². The van der Waals surface area contributed by atoms with Gasteiger partial charge in [0.25, 0.3) is 11.8 Å². The summed E-state index contributed by atoms with van der Waals surface area (Å²) in [6.07, 6.45) is 1.28. The van der Waals surface area contributed by atoms with Crippen LogP contribution in [0.3, 0.4) is 0 Å². The van der Waals surface area contributed by atoms with Crippen molar-refractivity contribution < 1.29 is 23.9 Å². The first-order valence-electron chi connectivity index (χ1n) is 9.63. The van der Waals surface area contributed by atoms with E-state index in [1.807, 2.05) is 13.8 Å². The molecule has 1 aromatic carbocycles. The lowest BCUT2D eigenvalue weighted by molar-refractivity contribution is -0.155. The highest BCUT2D eigenvalue weighted by Gasteiger charge is 2.50. The maximum absolute atomic E-state index is 12.8. The first-order chi connectivity index (χ1) is 13.7.